The average molecular weight is 250 g/mol. The van der Waals surface area contributed by atoms with Crippen molar-refractivity contribution in [1.29, 1.82) is 0 Å². The van der Waals surface area contributed by atoms with E-state index >= 15 is 0 Å². The van der Waals surface area contributed by atoms with Crippen molar-refractivity contribution in [3.8, 4) is 0 Å². The lowest BCUT2D eigenvalue weighted by molar-refractivity contribution is -0.138. The normalized spacial score (nSPS) is 22.2. The highest BCUT2D eigenvalue weighted by atomic mass is 16.3. The van der Waals surface area contributed by atoms with E-state index in [1.807, 2.05) is 24.0 Å². The number of hydrogen-bond acceptors (Lipinski definition) is 3. The fraction of sp³-hybridized carbons (Fsp3) is 0.643. The summed E-state index contributed by atoms with van der Waals surface area (Å²) in [5, 5.41) is 3.26. The Labute approximate surface area is 108 Å². The van der Waals surface area contributed by atoms with Crippen LogP contribution < -0.4 is 5.32 Å². The molecule has 4 nitrogen and oxygen atoms in total. The Hall–Kier alpha value is -1.29. The van der Waals surface area contributed by atoms with Crippen LogP contribution in [0.2, 0.25) is 0 Å². The van der Waals surface area contributed by atoms with Gasteiger partial charge in [0.2, 0.25) is 5.91 Å². The van der Waals surface area contributed by atoms with Crippen LogP contribution in [0.25, 0.3) is 0 Å². The van der Waals surface area contributed by atoms with E-state index in [1.54, 1.807) is 6.26 Å². The van der Waals surface area contributed by atoms with Crippen LogP contribution in [0.3, 0.4) is 0 Å². The van der Waals surface area contributed by atoms with Crippen molar-refractivity contribution in [1.82, 2.24) is 10.2 Å². The van der Waals surface area contributed by atoms with Gasteiger partial charge >= 0.3 is 0 Å². The van der Waals surface area contributed by atoms with Crippen LogP contribution in [-0.4, -0.2) is 36.0 Å². The van der Waals surface area contributed by atoms with Gasteiger partial charge in [0.25, 0.3) is 0 Å². The Kier molecular flexibility index (Phi) is 4.42. The number of likely N-dealkylation sites (N-methyl/N-ethyl adjacent to an activating group) is 1. The van der Waals surface area contributed by atoms with Crippen LogP contribution in [0.15, 0.2) is 22.8 Å². The highest BCUT2D eigenvalue weighted by molar-refractivity contribution is 5.82. The van der Waals surface area contributed by atoms with Crippen LogP contribution >= 0.6 is 0 Å². The summed E-state index contributed by atoms with van der Waals surface area (Å²) in [5.41, 5.74) is 0. The third-order valence-electron chi connectivity index (χ3n) is 3.53. The number of amides is 1. The molecule has 0 aliphatic carbocycles. The molecule has 1 aliphatic heterocycles. The van der Waals surface area contributed by atoms with Crippen LogP contribution in [0, 0.1) is 0 Å². The molecule has 0 saturated carbocycles. The van der Waals surface area contributed by atoms with E-state index < -0.39 is 0 Å². The SMILES string of the molecule is CCNC1CCCN(C(C)Cc2ccco2)C1=O. The van der Waals surface area contributed by atoms with Gasteiger partial charge in [-0.1, -0.05) is 6.92 Å². The van der Waals surface area contributed by atoms with E-state index in [0.717, 1.165) is 38.1 Å². The predicted octanol–water partition coefficient (Wildman–Crippen LogP) is 1.81. The number of carbonyl (C=O) groups excluding carboxylic acids is 1. The van der Waals surface area contributed by atoms with Crippen LogP contribution in [0.4, 0.5) is 0 Å². The zero-order valence-corrected chi connectivity index (χ0v) is 11.2. The van der Waals surface area contributed by atoms with Crippen molar-refractivity contribution in [3.05, 3.63) is 24.2 Å². The summed E-state index contributed by atoms with van der Waals surface area (Å²) in [5.74, 6) is 1.18. The molecular formula is C14H22N2O2. The molecule has 1 N–H and O–H groups in total. The Morgan fingerprint density at radius 3 is 3.11 bits per heavy atom. The molecule has 0 aromatic carbocycles. The Morgan fingerprint density at radius 1 is 1.61 bits per heavy atom. The van der Waals surface area contributed by atoms with Gasteiger partial charge in [0.05, 0.1) is 12.3 Å². The minimum absolute atomic E-state index is 0.00259. The number of furan rings is 1. The lowest BCUT2D eigenvalue weighted by Crippen LogP contribution is -2.53. The van der Waals surface area contributed by atoms with E-state index in [2.05, 4.69) is 12.2 Å². The molecular weight excluding hydrogens is 228 g/mol. The smallest absolute Gasteiger partial charge is 0.239 e. The second kappa shape index (κ2) is 6.05. The molecule has 1 aromatic heterocycles. The standard InChI is InChI=1S/C14H22N2O2/c1-3-15-13-7-4-8-16(14(13)17)11(2)10-12-6-5-9-18-12/h5-6,9,11,13,15H,3-4,7-8,10H2,1-2H3. The number of rotatable bonds is 5. The zero-order chi connectivity index (χ0) is 13.0. The predicted molar refractivity (Wildman–Crippen MR) is 70.3 cm³/mol. The van der Waals surface area contributed by atoms with Gasteiger partial charge in [-0.25, -0.2) is 0 Å². The molecule has 0 bridgehead atoms. The number of carbonyl (C=O) groups is 1. The maximum Gasteiger partial charge on any atom is 0.239 e. The number of nitrogens with one attached hydrogen (secondary N) is 1. The van der Waals surface area contributed by atoms with Crippen LogP contribution in [0.1, 0.15) is 32.4 Å². The largest absolute Gasteiger partial charge is 0.469 e. The summed E-state index contributed by atoms with van der Waals surface area (Å²) in [6.07, 6.45) is 4.50. The summed E-state index contributed by atoms with van der Waals surface area (Å²) in [6, 6.07) is 4.06. The summed E-state index contributed by atoms with van der Waals surface area (Å²) in [7, 11) is 0. The summed E-state index contributed by atoms with van der Waals surface area (Å²) in [6.45, 7) is 5.84. The lowest BCUT2D eigenvalue weighted by atomic mass is 10.0. The third kappa shape index (κ3) is 2.93. The van der Waals surface area contributed by atoms with Crippen molar-refractivity contribution in [2.24, 2.45) is 0 Å². The van der Waals surface area contributed by atoms with Crippen molar-refractivity contribution < 1.29 is 9.21 Å². The molecule has 2 rings (SSSR count). The van der Waals surface area contributed by atoms with Gasteiger partial charge in [0.1, 0.15) is 5.76 Å². The molecule has 4 heteroatoms. The van der Waals surface area contributed by atoms with Gasteiger partial charge in [-0.3, -0.25) is 4.79 Å². The number of hydrogen-bond donors (Lipinski definition) is 1. The van der Waals surface area contributed by atoms with Crippen molar-refractivity contribution in [2.75, 3.05) is 13.1 Å². The molecule has 2 heterocycles. The zero-order valence-electron chi connectivity index (χ0n) is 11.2. The van der Waals surface area contributed by atoms with Gasteiger partial charge in [-0.15, -0.1) is 0 Å². The molecule has 0 radical (unpaired) electrons. The summed E-state index contributed by atoms with van der Waals surface area (Å²) in [4.78, 5) is 14.3. The molecule has 1 aliphatic rings. The lowest BCUT2D eigenvalue weighted by Gasteiger charge is -2.36. The average Bonchev–Trinajstić information content (AvgIpc) is 2.85. The van der Waals surface area contributed by atoms with E-state index in [9.17, 15) is 4.79 Å². The highest BCUT2D eigenvalue weighted by Crippen LogP contribution is 2.17. The summed E-state index contributed by atoms with van der Waals surface area (Å²) < 4.78 is 5.35. The van der Waals surface area contributed by atoms with Gasteiger partial charge in [0.15, 0.2) is 0 Å². The molecule has 18 heavy (non-hydrogen) atoms. The molecule has 1 aromatic rings. The maximum absolute atomic E-state index is 12.3. The first-order valence-corrected chi connectivity index (χ1v) is 6.78. The quantitative estimate of drug-likeness (QED) is 0.867. The Bertz CT molecular complexity index is 373. The molecule has 2 unspecified atom stereocenters. The van der Waals surface area contributed by atoms with Gasteiger partial charge in [-0.05, 0) is 38.4 Å². The minimum Gasteiger partial charge on any atom is -0.469 e. The van der Waals surface area contributed by atoms with E-state index in [1.165, 1.54) is 0 Å². The second-order valence-corrected chi connectivity index (χ2v) is 4.92. The molecule has 2 atom stereocenters. The van der Waals surface area contributed by atoms with E-state index in [4.69, 9.17) is 4.42 Å². The molecule has 100 valence electrons. The van der Waals surface area contributed by atoms with E-state index in [0.29, 0.717) is 0 Å². The first kappa shape index (κ1) is 13.1. The Morgan fingerprint density at radius 2 is 2.44 bits per heavy atom. The fourth-order valence-corrected chi connectivity index (χ4v) is 2.60. The molecule has 1 amide bonds. The fourth-order valence-electron chi connectivity index (χ4n) is 2.60. The minimum atomic E-state index is 0.00259. The maximum atomic E-state index is 12.3. The number of piperidine rings is 1. The molecule has 0 spiro atoms. The molecule has 1 saturated heterocycles. The highest BCUT2D eigenvalue weighted by Gasteiger charge is 2.31. The van der Waals surface area contributed by atoms with Crippen molar-refractivity contribution >= 4 is 5.91 Å². The molecule has 1 fully saturated rings. The second-order valence-electron chi connectivity index (χ2n) is 4.92. The van der Waals surface area contributed by atoms with Gasteiger partial charge < -0.3 is 14.6 Å². The summed E-state index contributed by atoms with van der Waals surface area (Å²) >= 11 is 0. The number of nitrogens with zero attached hydrogens (tertiary/aromatic N) is 1. The van der Waals surface area contributed by atoms with Crippen LogP contribution in [-0.2, 0) is 11.2 Å². The van der Waals surface area contributed by atoms with Crippen LogP contribution in [0.5, 0.6) is 0 Å². The van der Waals surface area contributed by atoms with Gasteiger partial charge in [-0.2, -0.15) is 0 Å². The topological polar surface area (TPSA) is 45.5 Å². The first-order valence-electron chi connectivity index (χ1n) is 6.78. The monoisotopic (exact) mass is 250 g/mol. The Balaban J connectivity index is 1.96. The van der Waals surface area contributed by atoms with Gasteiger partial charge in [0, 0.05) is 19.0 Å². The number of likely N-dealkylation sites (tertiary alicyclic amines) is 1. The first-order chi connectivity index (χ1) is 8.72. The van der Waals surface area contributed by atoms with Crippen molar-refractivity contribution in [2.45, 2.75) is 45.2 Å². The third-order valence-corrected chi connectivity index (χ3v) is 3.53. The van der Waals surface area contributed by atoms with Crippen molar-refractivity contribution in [3.63, 3.8) is 0 Å². The van der Waals surface area contributed by atoms with E-state index in [-0.39, 0.29) is 18.0 Å².